The molecule has 0 bridgehead atoms. The van der Waals surface area contributed by atoms with Crippen LogP contribution in [0.2, 0.25) is 0 Å². The Morgan fingerprint density at radius 2 is 1.77 bits per heavy atom. The van der Waals surface area contributed by atoms with E-state index in [1.54, 1.807) is 6.92 Å². The summed E-state index contributed by atoms with van der Waals surface area (Å²) in [5.41, 5.74) is 1.76. The van der Waals surface area contributed by atoms with Crippen molar-refractivity contribution in [1.82, 2.24) is 4.98 Å². The van der Waals surface area contributed by atoms with Crippen molar-refractivity contribution < 1.29 is 27.8 Å². The molecule has 1 heterocycles. The van der Waals surface area contributed by atoms with Gasteiger partial charge in [-0.05, 0) is 43.2 Å². The van der Waals surface area contributed by atoms with Gasteiger partial charge in [0.25, 0.3) is 0 Å². The van der Waals surface area contributed by atoms with Gasteiger partial charge >= 0.3 is 12.1 Å². The number of aromatic nitrogens is 1. The first kappa shape index (κ1) is 22.8. The lowest BCUT2D eigenvalue weighted by Gasteiger charge is -2.09. The van der Waals surface area contributed by atoms with E-state index >= 15 is 0 Å². The molecule has 4 nitrogen and oxygen atoms in total. The van der Waals surface area contributed by atoms with E-state index in [-0.39, 0.29) is 0 Å². The van der Waals surface area contributed by atoms with E-state index in [1.165, 1.54) is 23.5 Å². The summed E-state index contributed by atoms with van der Waals surface area (Å²) in [4.78, 5) is 16.5. The fourth-order valence-electron chi connectivity index (χ4n) is 3.01. The van der Waals surface area contributed by atoms with Crippen molar-refractivity contribution in [1.29, 1.82) is 0 Å². The van der Waals surface area contributed by atoms with Crippen molar-refractivity contribution in [2.24, 2.45) is 5.92 Å². The number of carboxylic acids is 1. The quantitative estimate of drug-likeness (QED) is 0.457. The first-order chi connectivity index (χ1) is 14.6. The van der Waals surface area contributed by atoms with E-state index in [0.29, 0.717) is 35.8 Å². The first-order valence-electron chi connectivity index (χ1n) is 9.72. The molecule has 8 heteroatoms. The average Bonchev–Trinajstić information content (AvgIpc) is 3.09. The van der Waals surface area contributed by atoms with E-state index in [2.05, 4.69) is 4.98 Å². The highest BCUT2D eigenvalue weighted by Crippen LogP contribution is 2.33. The van der Waals surface area contributed by atoms with E-state index in [0.717, 1.165) is 28.3 Å². The number of carbonyl (C=O) groups is 1. The van der Waals surface area contributed by atoms with Gasteiger partial charge in [-0.25, -0.2) is 4.98 Å². The van der Waals surface area contributed by atoms with Gasteiger partial charge in [-0.2, -0.15) is 13.2 Å². The van der Waals surface area contributed by atoms with Crippen molar-refractivity contribution in [3.05, 3.63) is 70.2 Å². The third-order valence-corrected chi connectivity index (χ3v) is 5.91. The molecular formula is C23H22F3NO3S. The monoisotopic (exact) mass is 449 g/mol. The second kappa shape index (κ2) is 9.51. The van der Waals surface area contributed by atoms with Crippen molar-refractivity contribution >= 4 is 17.3 Å². The zero-order valence-corrected chi connectivity index (χ0v) is 17.9. The maximum atomic E-state index is 12.7. The lowest BCUT2D eigenvalue weighted by molar-refractivity contribution is -0.141. The minimum absolute atomic E-state index is 0.405. The lowest BCUT2D eigenvalue weighted by Crippen LogP contribution is -2.12. The number of alkyl halides is 3. The molecule has 31 heavy (non-hydrogen) atoms. The number of ether oxygens (including phenoxy) is 1. The smallest absolute Gasteiger partial charge is 0.416 e. The first-order valence-corrected chi connectivity index (χ1v) is 10.5. The summed E-state index contributed by atoms with van der Waals surface area (Å²) >= 11 is 1.44. The number of hydrogen-bond acceptors (Lipinski definition) is 4. The normalized spacial score (nSPS) is 12.5. The summed E-state index contributed by atoms with van der Waals surface area (Å²) < 4.78 is 43.9. The molecular weight excluding hydrogens is 427 g/mol. The second-order valence-corrected chi connectivity index (χ2v) is 8.49. The topological polar surface area (TPSA) is 59.4 Å². The maximum absolute atomic E-state index is 12.7. The highest BCUT2D eigenvalue weighted by molar-refractivity contribution is 7.15. The van der Waals surface area contributed by atoms with Crippen LogP contribution in [0.3, 0.4) is 0 Å². The molecule has 3 aromatic rings. The molecule has 164 valence electrons. The SMILES string of the molecule is Cc1sc(-c2ccc(C(F)(F)F)cc2)nc1CCOc1ccc(CC(C)C(=O)O)cc1. The molecule has 0 radical (unpaired) electrons. The largest absolute Gasteiger partial charge is 0.493 e. The van der Waals surface area contributed by atoms with Crippen LogP contribution in [0.25, 0.3) is 10.6 Å². The fourth-order valence-corrected chi connectivity index (χ4v) is 3.98. The van der Waals surface area contributed by atoms with Crippen LogP contribution in [-0.2, 0) is 23.8 Å². The molecule has 0 saturated carbocycles. The molecule has 0 saturated heterocycles. The molecule has 2 aromatic carbocycles. The maximum Gasteiger partial charge on any atom is 0.416 e. The summed E-state index contributed by atoms with van der Waals surface area (Å²) in [5, 5.41) is 9.67. The van der Waals surface area contributed by atoms with Gasteiger partial charge in [0.2, 0.25) is 0 Å². The second-order valence-electron chi connectivity index (χ2n) is 7.28. The van der Waals surface area contributed by atoms with E-state index in [4.69, 9.17) is 9.84 Å². The number of carboxylic acid groups (broad SMARTS) is 1. The molecule has 0 aliphatic rings. The van der Waals surface area contributed by atoms with Crippen molar-refractivity contribution in [2.75, 3.05) is 6.61 Å². The number of aliphatic carboxylic acids is 1. The van der Waals surface area contributed by atoms with Gasteiger partial charge in [0.15, 0.2) is 0 Å². The predicted octanol–water partition coefficient (Wildman–Crippen LogP) is 6.02. The molecule has 0 spiro atoms. The van der Waals surface area contributed by atoms with E-state index in [9.17, 15) is 18.0 Å². The van der Waals surface area contributed by atoms with Gasteiger partial charge in [-0.3, -0.25) is 4.79 Å². The Hall–Kier alpha value is -2.87. The minimum atomic E-state index is -4.35. The molecule has 0 amide bonds. The van der Waals surface area contributed by atoms with Crippen LogP contribution in [0.5, 0.6) is 5.75 Å². The van der Waals surface area contributed by atoms with Crippen molar-refractivity contribution in [3.8, 4) is 16.3 Å². The molecule has 0 aliphatic heterocycles. The number of benzene rings is 2. The van der Waals surface area contributed by atoms with E-state index in [1.807, 2.05) is 31.2 Å². The van der Waals surface area contributed by atoms with E-state index < -0.39 is 23.6 Å². The van der Waals surface area contributed by atoms with Crippen LogP contribution >= 0.6 is 11.3 Å². The predicted molar refractivity (Wildman–Crippen MR) is 113 cm³/mol. The molecule has 1 N–H and O–H groups in total. The minimum Gasteiger partial charge on any atom is -0.493 e. The van der Waals surface area contributed by atoms with Crippen LogP contribution in [0, 0.1) is 12.8 Å². The summed E-state index contributed by atoms with van der Waals surface area (Å²) in [5.74, 6) is -0.588. The lowest BCUT2D eigenvalue weighted by atomic mass is 10.0. The number of rotatable bonds is 8. The van der Waals surface area contributed by atoms with Crippen LogP contribution in [0.15, 0.2) is 48.5 Å². The standard InChI is InChI=1S/C23H22F3NO3S/c1-14(22(28)29)13-16-3-9-19(10-4-16)30-12-11-20-15(2)31-21(27-20)17-5-7-18(8-6-17)23(24,25)26/h3-10,14H,11-13H2,1-2H3,(H,28,29). The Morgan fingerprint density at radius 1 is 1.13 bits per heavy atom. The summed E-state index contributed by atoms with van der Waals surface area (Å²) in [6.07, 6.45) is -3.33. The van der Waals surface area contributed by atoms with Gasteiger partial charge in [0.05, 0.1) is 23.8 Å². The molecule has 3 rings (SSSR count). The highest BCUT2D eigenvalue weighted by atomic mass is 32.1. The molecule has 1 aromatic heterocycles. The Balaban J connectivity index is 1.57. The average molecular weight is 449 g/mol. The van der Waals surface area contributed by atoms with Gasteiger partial charge in [-0.1, -0.05) is 31.2 Å². The highest BCUT2D eigenvalue weighted by Gasteiger charge is 2.30. The number of hydrogen-bond donors (Lipinski definition) is 1. The zero-order valence-electron chi connectivity index (χ0n) is 17.1. The Labute approximate surface area is 182 Å². The number of aryl methyl sites for hydroxylation is 1. The van der Waals surface area contributed by atoms with Crippen LogP contribution in [0.4, 0.5) is 13.2 Å². The Bertz CT molecular complexity index is 1030. The fraction of sp³-hybridized carbons (Fsp3) is 0.304. The molecule has 0 fully saturated rings. The molecule has 1 unspecified atom stereocenters. The Morgan fingerprint density at radius 3 is 2.35 bits per heavy atom. The number of halogens is 3. The summed E-state index contributed by atoms with van der Waals surface area (Å²) in [6, 6.07) is 12.3. The number of thiazole rings is 1. The number of nitrogens with zero attached hydrogens (tertiary/aromatic N) is 1. The van der Waals surface area contributed by atoms with Gasteiger partial charge in [-0.15, -0.1) is 11.3 Å². The van der Waals surface area contributed by atoms with Crippen molar-refractivity contribution in [2.45, 2.75) is 32.9 Å². The summed E-state index contributed by atoms with van der Waals surface area (Å²) in [6.45, 7) is 4.00. The van der Waals surface area contributed by atoms with Gasteiger partial charge in [0, 0.05) is 16.9 Å². The van der Waals surface area contributed by atoms with Crippen LogP contribution in [-0.4, -0.2) is 22.7 Å². The van der Waals surface area contributed by atoms with Gasteiger partial charge in [0.1, 0.15) is 10.8 Å². The third-order valence-electron chi connectivity index (χ3n) is 4.85. The summed E-state index contributed by atoms with van der Waals surface area (Å²) in [7, 11) is 0. The van der Waals surface area contributed by atoms with Crippen LogP contribution in [0.1, 0.15) is 28.6 Å². The zero-order chi connectivity index (χ0) is 22.6. The third kappa shape index (κ3) is 6.07. The molecule has 0 aliphatic carbocycles. The van der Waals surface area contributed by atoms with Crippen LogP contribution < -0.4 is 4.74 Å². The van der Waals surface area contributed by atoms with Crippen molar-refractivity contribution in [3.63, 3.8) is 0 Å². The molecule has 1 atom stereocenters. The Kier molecular flexibility index (Phi) is 7.00. The van der Waals surface area contributed by atoms with Gasteiger partial charge < -0.3 is 9.84 Å².